The van der Waals surface area contributed by atoms with Crippen molar-refractivity contribution in [1.82, 2.24) is 4.90 Å². The van der Waals surface area contributed by atoms with Crippen LogP contribution < -0.4 is 5.73 Å². The zero-order valence-corrected chi connectivity index (χ0v) is 13.9. The minimum absolute atomic E-state index is 0.169. The van der Waals surface area contributed by atoms with Crippen molar-refractivity contribution in [2.75, 3.05) is 20.7 Å². The fourth-order valence-electron chi connectivity index (χ4n) is 2.34. The molecule has 1 aromatic rings. The van der Waals surface area contributed by atoms with Gasteiger partial charge in [-0.15, -0.1) is 0 Å². The molecule has 1 aromatic carbocycles. The molecule has 2 atom stereocenters. The average molecular weight is 299 g/mol. The fraction of sp³-hybridized carbons (Fsp3) is 0.625. The van der Waals surface area contributed by atoms with Crippen molar-refractivity contribution in [2.45, 2.75) is 44.9 Å². The fourth-order valence-corrected chi connectivity index (χ4v) is 2.46. The Morgan fingerprint density at radius 2 is 1.85 bits per heavy atom. The summed E-state index contributed by atoms with van der Waals surface area (Å²) in [6, 6.07) is 8.55. The van der Waals surface area contributed by atoms with Crippen LogP contribution in [0, 0.1) is 0 Å². The van der Waals surface area contributed by atoms with Crippen LogP contribution in [0.25, 0.3) is 0 Å². The highest BCUT2D eigenvalue weighted by Gasteiger charge is 2.27. The Hall–Kier alpha value is -0.610. The van der Waals surface area contributed by atoms with Gasteiger partial charge in [-0.05, 0) is 51.9 Å². The molecule has 0 aliphatic heterocycles. The van der Waals surface area contributed by atoms with E-state index in [-0.39, 0.29) is 17.7 Å². The van der Waals surface area contributed by atoms with Crippen LogP contribution in [0.15, 0.2) is 24.3 Å². The monoisotopic (exact) mass is 298 g/mol. The first-order valence-corrected chi connectivity index (χ1v) is 7.41. The van der Waals surface area contributed by atoms with Crippen molar-refractivity contribution in [2.24, 2.45) is 5.73 Å². The van der Waals surface area contributed by atoms with Gasteiger partial charge in [0.2, 0.25) is 0 Å². The molecule has 0 spiro atoms. The molecule has 3 nitrogen and oxygen atoms in total. The van der Waals surface area contributed by atoms with E-state index in [9.17, 15) is 0 Å². The zero-order valence-electron chi connectivity index (χ0n) is 13.2. The second kappa shape index (κ2) is 7.41. The van der Waals surface area contributed by atoms with Gasteiger partial charge in [0.1, 0.15) is 0 Å². The Morgan fingerprint density at radius 1 is 1.30 bits per heavy atom. The maximum atomic E-state index is 5.96. The molecule has 1 rings (SSSR count). The van der Waals surface area contributed by atoms with Gasteiger partial charge in [-0.25, -0.2) is 0 Å². The summed E-state index contributed by atoms with van der Waals surface area (Å²) in [6.07, 6.45) is 0.897. The zero-order chi connectivity index (χ0) is 15.3. The number of halogens is 1. The maximum absolute atomic E-state index is 5.96. The van der Waals surface area contributed by atoms with Gasteiger partial charge in [0, 0.05) is 30.8 Å². The molecule has 2 N–H and O–H groups in total. The molecule has 2 unspecified atom stereocenters. The minimum atomic E-state index is -0.169. The quantitative estimate of drug-likeness (QED) is 0.837. The summed E-state index contributed by atoms with van der Waals surface area (Å²) in [6.45, 7) is 6.99. The standard InChI is InChI=1S/C16H27ClN2O/c1-12(13-6-8-14(17)9-7-13)19(4)15(11-18)10-16(2,3)20-5/h6-9,12,15H,10-11,18H2,1-5H3. The van der Waals surface area contributed by atoms with Crippen molar-refractivity contribution < 1.29 is 4.74 Å². The topological polar surface area (TPSA) is 38.5 Å². The van der Waals surface area contributed by atoms with E-state index < -0.39 is 0 Å². The van der Waals surface area contributed by atoms with Gasteiger partial charge >= 0.3 is 0 Å². The lowest BCUT2D eigenvalue weighted by atomic mass is 9.96. The molecule has 4 heteroatoms. The van der Waals surface area contributed by atoms with Gasteiger partial charge in [0.05, 0.1) is 5.60 Å². The molecule has 0 radical (unpaired) electrons. The van der Waals surface area contributed by atoms with Gasteiger partial charge < -0.3 is 10.5 Å². The van der Waals surface area contributed by atoms with Crippen molar-refractivity contribution in [3.05, 3.63) is 34.9 Å². The van der Waals surface area contributed by atoms with E-state index >= 15 is 0 Å². The Bertz CT molecular complexity index is 405. The van der Waals surface area contributed by atoms with Crippen LogP contribution in [0.3, 0.4) is 0 Å². The Labute approximate surface area is 128 Å². The highest BCUT2D eigenvalue weighted by Crippen LogP contribution is 2.26. The molecule has 0 bridgehead atoms. The largest absolute Gasteiger partial charge is 0.379 e. The number of benzene rings is 1. The van der Waals surface area contributed by atoms with E-state index in [0.717, 1.165) is 11.4 Å². The highest BCUT2D eigenvalue weighted by molar-refractivity contribution is 6.30. The van der Waals surface area contributed by atoms with Crippen LogP contribution in [0.5, 0.6) is 0 Å². The van der Waals surface area contributed by atoms with Crippen molar-refractivity contribution in [3.63, 3.8) is 0 Å². The predicted octanol–water partition coefficient (Wildman–Crippen LogP) is 3.48. The summed E-state index contributed by atoms with van der Waals surface area (Å²) >= 11 is 5.94. The third-order valence-electron chi connectivity index (χ3n) is 4.09. The number of ether oxygens (including phenoxy) is 1. The smallest absolute Gasteiger partial charge is 0.0638 e. The molecule has 0 amide bonds. The average Bonchev–Trinajstić information content (AvgIpc) is 2.44. The molecule has 0 aromatic heterocycles. The number of nitrogens with zero attached hydrogens (tertiary/aromatic N) is 1. The van der Waals surface area contributed by atoms with Crippen LogP contribution in [0.1, 0.15) is 38.8 Å². The summed E-state index contributed by atoms with van der Waals surface area (Å²) in [7, 11) is 3.86. The second-order valence-corrected chi connectivity index (χ2v) is 6.39. The van der Waals surface area contributed by atoms with Gasteiger partial charge in [-0.3, -0.25) is 4.90 Å². The van der Waals surface area contributed by atoms with Crippen LogP contribution in [-0.2, 0) is 4.74 Å². The lowest BCUT2D eigenvalue weighted by Crippen LogP contribution is -2.44. The predicted molar refractivity (Wildman–Crippen MR) is 86.2 cm³/mol. The Kier molecular flexibility index (Phi) is 6.46. The van der Waals surface area contributed by atoms with E-state index in [2.05, 4.69) is 44.9 Å². The van der Waals surface area contributed by atoms with E-state index in [1.165, 1.54) is 5.56 Å². The number of likely N-dealkylation sites (N-methyl/N-ethyl adjacent to an activating group) is 1. The van der Waals surface area contributed by atoms with Gasteiger partial charge in [-0.2, -0.15) is 0 Å². The lowest BCUT2D eigenvalue weighted by molar-refractivity contribution is -0.00887. The van der Waals surface area contributed by atoms with Gasteiger partial charge in [0.25, 0.3) is 0 Å². The first kappa shape index (κ1) is 17.4. The van der Waals surface area contributed by atoms with Gasteiger partial charge in [-0.1, -0.05) is 23.7 Å². The first-order valence-electron chi connectivity index (χ1n) is 7.03. The third kappa shape index (κ3) is 4.74. The summed E-state index contributed by atoms with van der Waals surface area (Å²) in [4.78, 5) is 2.31. The number of rotatable bonds is 7. The van der Waals surface area contributed by atoms with Crippen molar-refractivity contribution in [1.29, 1.82) is 0 Å². The van der Waals surface area contributed by atoms with E-state index in [0.29, 0.717) is 6.54 Å². The van der Waals surface area contributed by atoms with Gasteiger partial charge in [0.15, 0.2) is 0 Å². The molecule has 20 heavy (non-hydrogen) atoms. The number of hydrogen-bond acceptors (Lipinski definition) is 3. The molecule has 0 saturated carbocycles. The molecular weight excluding hydrogens is 272 g/mol. The normalized spacial score (nSPS) is 15.4. The SMILES string of the molecule is COC(C)(C)CC(CN)N(C)C(C)c1ccc(Cl)cc1. The summed E-state index contributed by atoms with van der Waals surface area (Å²) in [5.74, 6) is 0. The number of nitrogens with two attached hydrogens (primary N) is 1. The first-order chi connectivity index (χ1) is 9.30. The van der Waals surface area contributed by atoms with E-state index in [1.54, 1.807) is 7.11 Å². The third-order valence-corrected chi connectivity index (χ3v) is 4.34. The van der Waals surface area contributed by atoms with Crippen LogP contribution in [0.4, 0.5) is 0 Å². The van der Waals surface area contributed by atoms with E-state index in [4.69, 9.17) is 22.1 Å². The van der Waals surface area contributed by atoms with Crippen molar-refractivity contribution in [3.8, 4) is 0 Å². The molecule has 0 heterocycles. The molecule has 0 aliphatic rings. The molecular formula is C16H27ClN2O. The molecule has 114 valence electrons. The highest BCUT2D eigenvalue weighted by atomic mass is 35.5. The van der Waals surface area contributed by atoms with Crippen LogP contribution in [0.2, 0.25) is 5.02 Å². The Balaban J connectivity index is 2.79. The Morgan fingerprint density at radius 3 is 2.30 bits per heavy atom. The van der Waals surface area contributed by atoms with Crippen molar-refractivity contribution >= 4 is 11.6 Å². The van der Waals surface area contributed by atoms with Crippen LogP contribution in [-0.4, -0.2) is 37.2 Å². The van der Waals surface area contributed by atoms with Crippen LogP contribution >= 0.6 is 11.6 Å². The minimum Gasteiger partial charge on any atom is -0.379 e. The summed E-state index contributed by atoms with van der Waals surface area (Å²) in [5.41, 5.74) is 7.03. The number of methoxy groups -OCH3 is 1. The summed E-state index contributed by atoms with van der Waals surface area (Å²) in [5, 5.41) is 0.763. The molecule has 0 fully saturated rings. The molecule has 0 aliphatic carbocycles. The lowest BCUT2D eigenvalue weighted by Gasteiger charge is -2.37. The van der Waals surface area contributed by atoms with E-state index in [1.807, 2.05) is 12.1 Å². The maximum Gasteiger partial charge on any atom is 0.0638 e. The second-order valence-electron chi connectivity index (χ2n) is 5.95. The molecule has 0 saturated heterocycles. The summed E-state index contributed by atoms with van der Waals surface area (Å²) < 4.78 is 5.52. The number of hydrogen-bond donors (Lipinski definition) is 1.